The average molecular weight is 421 g/mol. The Labute approximate surface area is 177 Å². The molecule has 10 heteroatoms. The molecule has 1 aromatic carbocycles. The molecule has 1 unspecified atom stereocenters. The van der Waals surface area contributed by atoms with Crippen molar-refractivity contribution >= 4 is 11.8 Å². The van der Waals surface area contributed by atoms with Crippen LogP contribution in [0.3, 0.4) is 0 Å². The van der Waals surface area contributed by atoms with Crippen LogP contribution in [-0.2, 0) is 10.3 Å². The third kappa shape index (κ3) is 2.75. The molecule has 1 aliphatic carbocycles. The van der Waals surface area contributed by atoms with Gasteiger partial charge in [-0.05, 0) is 24.3 Å². The molecule has 1 amide bonds. The predicted octanol–water partition coefficient (Wildman–Crippen LogP) is 1.64. The summed E-state index contributed by atoms with van der Waals surface area (Å²) in [5, 5.41) is 10.9. The maximum absolute atomic E-state index is 15.0. The molecule has 3 aromatic rings. The molecule has 0 radical (unpaired) electrons. The van der Waals surface area contributed by atoms with Crippen molar-refractivity contribution in [2.24, 2.45) is 17.6 Å². The van der Waals surface area contributed by atoms with Crippen molar-refractivity contribution in [2.45, 2.75) is 11.8 Å². The number of carbonyl (C=O) groups is 1. The number of carbonyl (C=O) groups excluding carboxylic acids is 1. The maximum atomic E-state index is 15.0. The zero-order valence-corrected chi connectivity index (χ0v) is 16.5. The van der Waals surface area contributed by atoms with Crippen molar-refractivity contribution in [1.29, 1.82) is 0 Å². The Morgan fingerprint density at radius 1 is 1.23 bits per heavy atom. The number of hydrogen-bond donors (Lipinski definition) is 2. The first kappa shape index (κ1) is 18.4. The van der Waals surface area contributed by atoms with Gasteiger partial charge in [-0.1, -0.05) is 11.3 Å². The average Bonchev–Trinajstić information content (AvgIpc) is 3.36. The summed E-state index contributed by atoms with van der Waals surface area (Å²) in [6.07, 6.45) is 3.61. The number of pyridine rings is 1. The number of nitrogens with one attached hydrogen (secondary N) is 1. The van der Waals surface area contributed by atoms with Gasteiger partial charge in [-0.2, -0.15) is 0 Å². The molecule has 0 spiro atoms. The zero-order chi connectivity index (χ0) is 21.2. The van der Waals surface area contributed by atoms with E-state index >= 15 is 0 Å². The molecule has 9 nitrogen and oxygen atoms in total. The van der Waals surface area contributed by atoms with Crippen molar-refractivity contribution in [3.8, 4) is 11.1 Å². The molecule has 3 fully saturated rings. The number of amides is 1. The Kier molecular flexibility index (Phi) is 3.90. The number of cyclic esters (lactones) is 1. The van der Waals surface area contributed by atoms with Gasteiger partial charge >= 0.3 is 6.09 Å². The van der Waals surface area contributed by atoms with Crippen LogP contribution in [0, 0.1) is 17.7 Å². The maximum Gasteiger partial charge on any atom is 0.416 e. The number of fused-ring (bicyclic) bond motifs is 1. The second-order valence-electron chi connectivity index (χ2n) is 8.23. The Morgan fingerprint density at radius 2 is 2.06 bits per heavy atom. The molecule has 3 aliphatic rings. The number of benzene rings is 1. The van der Waals surface area contributed by atoms with E-state index in [4.69, 9.17) is 10.5 Å². The number of anilines is 1. The molecular weight excluding hydrogens is 401 g/mol. The van der Waals surface area contributed by atoms with Crippen LogP contribution in [0.1, 0.15) is 11.9 Å². The van der Waals surface area contributed by atoms with Crippen molar-refractivity contribution in [2.75, 3.05) is 24.5 Å². The normalized spacial score (nSPS) is 29.2. The number of nitrogens with two attached hydrogens (primary N) is 1. The smallest absolute Gasteiger partial charge is 0.416 e. The Balaban J connectivity index is 1.22. The Bertz CT molecular complexity index is 1140. The van der Waals surface area contributed by atoms with Crippen molar-refractivity contribution < 1.29 is 13.9 Å². The lowest BCUT2D eigenvalue weighted by atomic mass is 10.0. The molecule has 2 aliphatic heterocycles. The fraction of sp³-hybridized carbons (Fsp3) is 0.333. The van der Waals surface area contributed by atoms with Gasteiger partial charge in [0.05, 0.1) is 29.7 Å². The van der Waals surface area contributed by atoms with Gasteiger partial charge < -0.3 is 15.8 Å². The first-order valence-electron chi connectivity index (χ1n) is 10.2. The number of piperidine rings is 1. The third-order valence-corrected chi connectivity index (χ3v) is 6.65. The number of aromatic nitrogens is 4. The van der Waals surface area contributed by atoms with E-state index < -0.39 is 18.1 Å². The first-order chi connectivity index (χ1) is 15.1. The summed E-state index contributed by atoms with van der Waals surface area (Å²) >= 11 is 0. The molecule has 2 saturated heterocycles. The van der Waals surface area contributed by atoms with Crippen LogP contribution in [0.15, 0.2) is 48.9 Å². The summed E-state index contributed by atoms with van der Waals surface area (Å²) < 4.78 is 21.7. The SMILES string of the molecule is N[C@]1(c2ccc(-c3ccc(N4CC(n5ccnn5)OC4=O)cc3F)cn2)[C@@H]2CNC[C@@H]21. The van der Waals surface area contributed by atoms with Gasteiger partial charge in [0.1, 0.15) is 5.82 Å². The van der Waals surface area contributed by atoms with E-state index in [0.717, 1.165) is 18.8 Å². The summed E-state index contributed by atoms with van der Waals surface area (Å²) in [6.45, 7) is 2.04. The van der Waals surface area contributed by atoms with Gasteiger partial charge in [-0.15, -0.1) is 5.10 Å². The minimum atomic E-state index is -0.602. The fourth-order valence-corrected chi connectivity index (χ4v) is 4.84. The lowest BCUT2D eigenvalue weighted by Gasteiger charge is -2.16. The van der Waals surface area contributed by atoms with Crippen molar-refractivity contribution in [3.63, 3.8) is 0 Å². The molecule has 3 N–H and O–H groups in total. The van der Waals surface area contributed by atoms with Crippen LogP contribution in [-0.4, -0.2) is 45.7 Å². The molecule has 6 rings (SSSR count). The van der Waals surface area contributed by atoms with Crippen molar-refractivity contribution in [3.05, 3.63) is 60.4 Å². The molecule has 4 heterocycles. The number of halogens is 1. The van der Waals surface area contributed by atoms with Gasteiger partial charge in [0.2, 0.25) is 6.23 Å². The summed E-state index contributed by atoms with van der Waals surface area (Å²) in [4.78, 5) is 18.2. The molecular formula is C21H20FN7O2. The van der Waals surface area contributed by atoms with Crippen LogP contribution in [0.5, 0.6) is 0 Å². The highest BCUT2D eigenvalue weighted by Crippen LogP contribution is 2.57. The van der Waals surface area contributed by atoms with Gasteiger partial charge in [0.15, 0.2) is 0 Å². The van der Waals surface area contributed by atoms with Crippen molar-refractivity contribution in [1.82, 2.24) is 25.3 Å². The summed E-state index contributed by atoms with van der Waals surface area (Å²) in [6, 6.07) is 8.41. The van der Waals surface area contributed by atoms with Gasteiger partial charge in [0.25, 0.3) is 0 Å². The standard InChI is InChI=1S/C21H20FN7O2/c22-17-7-13(28-11-19(31-20(28)30)29-6-5-26-27-29)2-3-14(17)12-1-4-18(25-8-12)21(23)15-9-24-10-16(15)21/h1-8,15-16,19,24H,9-11,23H2/t15-,16+,19?,21-. The monoisotopic (exact) mass is 421 g/mol. The lowest BCUT2D eigenvalue weighted by molar-refractivity contribution is 0.0922. The largest absolute Gasteiger partial charge is 0.421 e. The van der Waals surface area contributed by atoms with E-state index in [1.54, 1.807) is 24.5 Å². The number of rotatable bonds is 4. The quantitative estimate of drug-likeness (QED) is 0.659. The molecule has 2 aromatic heterocycles. The van der Waals surface area contributed by atoms with Gasteiger partial charge in [0, 0.05) is 48.4 Å². The predicted molar refractivity (Wildman–Crippen MR) is 108 cm³/mol. The number of hydrogen-bond acceptors (Lipinski definition) is 7. The first-order valence-corrected chi connectivity index (χ1v) is 10.2. The van der Waals surface area contributed by atoms with Crippen LogP contribution >= 0.6 is 0 Å². The lowest BCUT2D eigenvalue weighted by Crippen LogP contribution is -2.33. The van der Waals surface area contributed by atoms with E-state index in [-0.39, 0.29) is 12.1 Å². The minimum absolute atomic E-state index is 0.215. The van der Waals surface area contributed by atoms with E-state index in [1.165, 1.54) is 21.8 Å². The van der Waals surface area contributed by atoms with Gasteiger partial charge in [-0.25, -0.2) is 13.9 Å². The van der Waals surface area contributed by atoms with E-state index in [9.17, 15) is 9.18 Å². The number of ether oxygens (including phenoxy) is 1. The molecule has 0 bridgehead atoms. The van der Waals surface area contributed by atoms with E-state index in [1.807, 2.05) is 12.1 Å². The second-order valence-corrected chi connectivity index (χ2v) is 8.23. The summed E-state index contributed by atoms with van der Waals surface area (Å²) in [5.74, 6) is 0.394. The third-order valence-electron chi connectivity index (χ3n) is 6.65. The Hall–Kier alpha value is -3.37. The second kappa shape index (κ2) is 6.56. The zero-order valence-electron chi connectivity index (χ0n) is 16.5. The summed E-state index contributed by atoms with van der Waals surface area (Å²) in [5.41, 5.74) is 8.51. The highest BCUT2D eigenvalue weighted by Gasteiger charge is 2.65. The molecule has 4 atom stereocenters. The highest BCUT2D eigenvalue weighted by atomic mass is 19.1. The fourth-order valence-electron chi connectivity index (χ4n) is 4.84. The van der Waals surface area contributed by atoms with Crippen LogP contribution in [0.4, 0.5) is 14.9 Å². The number of nitrogens with zero attached hydrogens (tertiary/aromatic N) is 5. The van der Waals surface area contributed by atoms with E-state index in [0.29, 0.717) is 28.7 Å². The molecule has 31 heavy (non-hydrogen) atoms. The van der Waals surface area contributed by atoms with Crippen LogP contribution in [0.2, 0.25) is 0 Å². The van der Waals surface area contributed by atoms with Gasteiger partial charge in [-0.3, -0.25) is 9.88 Å². The Morgan fingerprint density at radius 3 is 2.74 bits per heavy atom. The van der Waals surface area contributed by atoms with Crippen LogP contribution < -0.4 is 16.0 Å². The van der Waals surface area contributed by atoms with Crippen LogP contribution in [0.25, 0.3) is 11.1 Å². The van der Waals surface area contributed by atoms with E-state index in [2.05, 4.69) is 20.6 Å². The summed E-state index contributed by atoms with van der Waals surface area (Å²) in [7, 11) is 0. The molecule has 158 valence electrons. The highest BCUT2D eigenvalue weighted by molar-refractivity contribution is 5.90. The minimum Gasteiger partial charge on any atom is -0.421 e. The topological polar surface area (TPSA) is 111 Å². The molecule has 1 saturated carbocycles.